The van der Waals surface area contributed by atoms with Gasteiger partial charge < -0.3 is 10.3 Å². The molecule has 0 fully saturated rings. The first kappa shape index (κ1) is 14.0. The van der Waals surface area contributed by atoms with Gasteiger partial charge >= 0.3 is 0 Å². The number of hydrogen-bond donors (Lipinski definition) is 1. The predicted octanol–water partition coefficient (Wildman–Crippen LogP) is 3.16. The molecular weight excluding hydrogens is 265 g/mol. The van der Waals surface area contributed by atoms with Crippen LogP contribution in [-0.4, -0.2) is 10.1 Å². The van der Waals surface area contributed by atoms with E-state index in [-0.39, 0.29) is 17.8 Å². The molecule has 0 radical (unpaired) electrons. The molecule has 1 unspecified atom stereocenters. The summed E-state index contributed by atoms with van der Waals surface area (Å²) in [6.07, 6.45) is 0. The van der Waals surface area contributed by atoms with Gasteiger partial charge in [0.25, 0.3) is 0 Å². The van der Waals surface area contributed by atoms with Crippen LogP contribution in [0.1, 0.15) is 31.6 Å². The number of nitrogens with two attached hydrogens (primary N) is 1. The highest BCUT2D eigenvalue weighted by Gasteiger charge is 2.18. The maximum Gasteiger partial charge on any atom is 0.243 e. The van der Waals surface area contributed by atoms with Crippen molar-refractivity contribution in [3.05, 3.63) is 41.8 Å². The van der Waals surface area contributed by atoms with Crippen molar-refractivity contribution < 1.29 is 8.91 Å². The van der Waals surface area contributed by atoms with Crippen LogP contribution < -0.4 is 5.73 Å². The Morgan fingerprint density at radius 3 is 2.79 bits per heavy atom. The molecular formula is C13H16FN3OS. The van der Waals surface area contributed by atoms with Crippen LogP contribution in [0.25, 0.3) is 0 Å². The highest BCUT2D eigenvalue weighted by atomic mass is 32.2. The van der Waals surface area contributed by atoms with Gasteiger partial charge in [0, 0.05) is 4.90 Å². The lowest BCUT2D eigenvalue weighted by molar-refractivity contribution is 0.323. The molecule has 1 heterocycles. The number of aromatic nitrogens is 2. The fourth-order valence-corrected chi connectivity index (χ4v) is 2.23. The van der Waals surface area contributed by atoms with Crippen molar-refractivity contribution in [2.75, 3.05) is 0 Å². The Hall–Kier alpha value is -1.40. The van der Waals surface area contributed by atoms with Crippen LogP contribution in [0.15, 0.2) is 33.7 Å². The van der Waals surface area contributed by atoms with Crippen LogP contribution >= 0.6 is 11.8 Å². The van der Waals surface area contributed by atoms with Crippen molar-refractivity contribution in [2.45, 2.75) is 30.5 Å². The van der Waals surface area contributed by atoms with Crippen molar-refractivity contribution >= 4 is 11.8 Å². The zero-order valence-electron chi connectivity index (χ0n) is 10.8. The fourth-order valence-electron chi connectivity index (χ4n) is 1.45. The molecule has 0 saturated carbocycles. The smallest absolute Gasteiger partial charge is 0.243 e. The van der Waals surface area contributed by atoms with Gasteiger partial charge in [-0.25, -0.2) is 4.39 Å². The van der Waals surface area contributed by atoms with Gasteiger partial charge in [0.1, 0.15) is 5.82 Å². The molecule has 6 heteroatoms. The van der Waals surface area contributed by atoms with Crippen LogP contribution in [0.4, 0.5) is 4.39 Å². The lowest BCUT2D eigenvalue weighted by Crippen LogP contribution is -2.17. The van der Waals surface area contributed by atoms with Gasteiger partial charge in [-0.15, -0.1) is 11.8 Å². The minimum atomic E-state index is -0.264. The third-order valence-corrected chi connectivity index (χ3v) is 3.73. The average Bonchev–Trinajstić information content (AvgIpc) is 2.85. The minimum Gasteiger partial charge on any atom is -0.338 e. The van der Waals surface area contributed by atoms with Crippen LogP contribution in [-0.2, 0) is 5.75 Å². The third-order valence-electron chi connectivity index (χ3n) is 2.68. The summed E-state index contributed by atoms with van der Waals surface area (Å²) in [4.78, 5) is 4.80. The molecule has 0 spiro atoms. The summed E-state index contributed by atoms with van der Waals surface area (Å²) in [7, 11) is 0. The Bertz CT molecular complexity index is 544. The highest BCUT2D eigenvalue weighted by molar-refractivity contribution is 7.98. The molecule has 2 rings (SSSR count). The Morgan fingerprint density at radius 1 is 1.37 bits per heavy atom. The Morgan fingerprint density at radius 2 is 2.11 bits per heavy atom. The number of thioether (sulfide) groups is 1. The maximum absolute atomic E-state index is 13.4. The van der Waals surface area contributed by atoms with E-state index in [4.69, 9.17) is 10.3 Å². The number of hydrogen-bond acceptors (Lipinski definition) is 5. The predicted molar refractivity (Wildman–Crippen MR) is 72.0 cm³/mol. The second kappa shape index (κ2) is 6.16. The van der Waals surface area contributed by atoms with Gasteiger partial charge in [-0.2, -0.15) is 4.98 Å². The Labute approximate surface area is 115 Å². The minimum absolute atomic E-state index is 0.229. The normalized spacial score (nSPS) is 12.9. The Kier molecular flexibility index (Phi) is 4.55. The van der Waals surface area contributed by atoms with E-state index in [1.807, 2.05) is 13.8 Å². The largest absolute Gasteiger partial charge is 0.338 e. The van der Waals surface area contributed by atoms with Crippen molar-refractivity contribution in [3.63, 3.8) is 0 Å². The van der Waals surface area contributed by atoms with Gasteiger partial charge in [-0.1, -0.05) is 31.1 Å². The maximum atomic E-state index is 13.4. The third kappa shape index (κ3) is 3.54. The van der Waals surface area contributed by atoms with Crippen molar-refractivity contribution in [2.24, 2.45) is 11.7 Å². The summed E-state index contributed by atoms with van der Waals surface area (Å²) in [5, 5.41) is 3.86. The summed E-state index contributed by atoms with van der Waals surface area (Å²) in [5.41, 5.74) is 5.92. The molecule has 0 aliphatic carbocycles. The van der Waals surface area contributed by atoms with Crippen molar-refractivity contribution in [1.82, 2.24) is 10.1 Å². The molecule has 0 saturated heterocycles. The van der Waals surface area contributed by atoms with Crippen LogP contribution in [0.5, 0.6) is 0 Å². The van der Waals surface area contributed by atoms with E-state index in [9.17, 15) is 4.39 Å². The van der Waals surface area contributed by atoms with Gasteiger partial charge in [-0.05, 0) is 18.1 Å². The van der Waals surface area contributed by atoms with Crippen LogP contribution in [0, 0.1) is 11.7 Å². The van der Waals surface area contributed by atoms with Crippen molar-refractivity contribution in [3.8, 4) is 0 Å². The molecule has 1 aromatic heterocycles. The molecule has 19 heavy (non-hydrogen) atoms. The first-order valence-electron chi connectivity index (χ1n) is 6.03. The fraction of sp³-hybridized carbons (Fsp3) is 0.385. The van der Waals surface area contributed by atoms with Crippen LogP contribution in [0.2, 0.25) is 0 Å². The second-order valence-electron chi connectivity index (χ2n) is 4.54. The SMILES string of the molecule is CC(C)C(N)c1nc(CSc2ccccc2F)no1. The number of benzene rings is 1. The first-order valence-corrected chi connectivity index (χ1v) is 7.02. The van der Waals surface area contributed by atoms with Gasteiger partial charge in [0.2, 0.25) is 5.89 Å². The van der Waals surface area contributed by atoms with Gasteiger partial charge in [0.15, 0.2) is 5.82 Å². The van der Waals surface area contributed by atoms with E-state index in [0.29, 0.717) is 22.4 Å². The summed E-state index contributed by atoms with van der Waals surface area (Å²) >= 11 is 1.33. The van der Waals surface area contributed by atoms with Crippen molar-refractivity contribution in [1.29, 1.82) is 0 Å². The standard InChI is InChI=1S/C13H16FN3OS/c1-8(2)12(15)13-16-11(17-18-13)7-19-10-6-4-3-5-9(10)14/h3-6,8,12H,7,15H2,1-2H3. The first-order chi connectivity index (χ1) is 9.08. The number of halogens is 1. The van der Waals surface area contributed by atoms with E-state index in [1.54, 1.807) is 18.2 Å². The lowest BCUT2D eigenvalue weighted by Gasteiger charge is -2.09. The molecule has 1 atom stereocenters. The molecule has 0 amide bonds. The summed E-state index contributed by atoms with van der Waals surface area (Å²) in [5.74, 6) is 1.40. The van der Waals surface area contributed by atoms with E-state index < -0.39 is 0 Å². The van der Waals surface area contributed by atoms with E-state index >= 15 is 0 Å². The number of rotatable bonds is 5. The summed E-state index contributed by atoms with van der Waals surface area (Å²) < 4.78 is 18.5. The van der Waals surface area contributed by atoms with E-state index in [2.05, 4.69) is 10.1 Å². The molecule has 2 aromatic rings. The molecule has 0 aliphatic rings. The monoisotopic (exact) mass is 281 g/mol. The molecule has 0 bridgehead atoms. The van der Waals surface area contributed by atoms with Gasteiger partial charge in [0.05, 0.1) is 11.8 Å². The van der Waals surface area contributed by atoms with Crippen LogP contribution in [0.3, 0.4) is 0 Å². The second-order valence-corrected chi connectivity index (χ2v) is 5.55. The quantitative estimate of drug-likeness (QED) is 0.853. The Balaban J connectivity index is 1.99. The highest BCUT2D eigenvalue weighted by Crippen LogP contribution is 2.25. The topological polar surface area (TPSA) is 64.9 Å². The summed E-state index contributed by atoms with van der Waals surface area (Å²) in [6, 6.07) is 6.34. The molecule has 0 aliphatic heterocycles. The lowest BCUT2D eigenvalue weighted by atomic mass is 10.1. The van der Waals surface area contributed by atoms with E-state index in [0.717, 1.165) is 0 Å². The molecule has 4 nitrogen and oxygen atoms in total. The summed E-state index contributed by atoms with van der Waals surface area (Å²) in [6.45, 7) is 3.98. The average molecular weight is 281 g/mol. The molecule has 2 N–H and O–H groups in total. The zero-order valence-corrected chi connectivity index (χ0v) is 11.7. The van der Waals surface area contributed by atoms with Gasteiger partial charge in [-0.3, -0.25) is 0 Å². The number of nitrogens with zero attached hydrogens (tertiary/aromatic N) is 2. The molecule has 1 aromatic carbocycles. The van der Waals surface area contributed by atoms with E-state index in [1.165, 1.54) is 17.8 Å². The molecule has 102 valence electrons. The zero-order chi connectivity index (χ0) is 13.8.